The monoisotopic (exact) mass is 283 g/mol. The van der Waals surface area contributed by atoms with Crippen LogP contribution in [-0.2, 0) is 0 Å². The third-order valence-electron chi connectivity index (χ3n) is 3.15. The van der Waals surface area contributed by atoms with Crippen molar-refractivity contribution in [2.24, 2.45) is 5.92 Å². The van der Waals surface area contributed by atoms with Crippen LogP contribution < -0.4 is 16.4 Å². The molecule has 0 fully saturated rings. The third-order valence-corrected chi connectivity index (χ3v) is 4.23. The van der Waals surface area contributed by atoms with Crippen LogP contribution in [0.5, 0.6) is 0 Å². The van der Waals surface area contributed by atoms with E-state index in [1.54, 1.807) is 0 Å². The molecular weight excluding hydrogens is 258 g/mol. The number of carbonyl (C=O) groups is 1. The number of thiophene rings is 1. The minimum Gasteiger partial charge on any atom is -0.397 e. The molecule has 0 spiro atoms. The summed E-state index contributed by atoms with van der Waals surface area (Å²) in [4.78, 5) is 12.4. The van der Waals surface area contributed by atoms with Crippen molar-refractivity contribution in [1.29, 1.82) is 0 Å². The van der Waals surface area contributed by atoms with Gasteiger partial charge in [0.2, 0.25) is 0 Å². The molecule has 4 nitrogen and oxygen atoms in total. The molecular formula is C14H25N3OS. The first-order valence-corrected chi connectivity index (χ1v) is 7.73. The Morgan fingerprint density at radius 1 is 1.42 bits per heavy atom. The Bertz CT molecular complexity index is 417. The lowest BCUT2D eigenvalue weighted by molar-refractivity contribution is 0.0960. The molecule has 1 amide bonds. The van der Waals surface area contributed by atoms with Gasteiger partial charge >= 0.3 is 0 Å². The quantitative estimate of drug-likeness (QED) is 0.719. The Balaban J connectivity index is 2.65. The van der Waals surface area contributed by atoms with Crippen molar-refractivity contribution in [3.63, 3.8) is 0 Å². The van der Waals surface area contributed by atoms with E-state index in [4.69, 9.17) is 5.73 Å². The minimum atomic E-state index is -0.0902. The number of nitrogen functional groups attached to an aromatic ring is 1. The van der Waals surface area contributed by atoms with Crippen molar-refractivity contribution >= 4 is 27.9 Å². The maximum absolute atomic E-state index is 11.8. The summed E-state index contributed by atoms with van der Waals surface area (Å²) in [6.07, 6.45) is 2.30. The van der Waals surface area contributed by atoms with Gasteiger partial charge in [-0.25, -0.2) is 0 Å². The van der Waals surface area contributed by atoms with Crippen LogP contribution in [0.1, 0.15) is 50.2 Å². The van der Waals surface area contributed by atoms with E-state index in [0.717, 1.165) is 11.4 Å². The van der Waals surface area contributed by atoms with Gasteiger partial charge in [0.15, 0.2) is 0 Å². The van der Waals surface area contributed by atoms with Crippen molar-refractivity contribution in [1.82, 2.24) is 5.32 Å². The summed E-state index contributed by atoms with van der Waals surface area (Å²) < 4.78 is 0. The van der Waals surface area contributed by atoms with Crippen LogP contribution in [0.25, 0.3) is 0 Å². The summed E-state index contributed by atoms with van der Waals surface area (Å²) in [5.41, 5.74) is 6.44. The molecule has 0 aliphatic heterocycles. The third kappa shape index (κ3) is 4.74. The van der Waals surface area contributed by atoms with E-state index in [2.05, 4.69) is 31.4 Å². The molecule has 1 aromatic heterocycles. The fourth-order valence-electron chi connectivity index (χ4n) is 1.97. The van der Waals surface area contributed by atoms with Crippen LogP contribution in [0.2, 0.25) is 0 Å². The maximum atomic E-state index is 11.8. The molecule has 108 valence electrons. The van der Waals surface area contributed by atoms with Gasteiger partial charge in [0.25, 0.3) is 5.91 Å². The lowest BCUT2D eigenvalue weighted by Gasteiger charge is -2.17. The second-order valence-electron chi connectivity index (χ2n) is 5.05. The summed E-state index contributed by atoms with van der Waals surface area (Å²) >= 11 is 1.42. The number of hydrogen-bond donors (Lipinski definition) is 3. The van der Waals surface area contributed by atoms with Crippen LogP contribution in [0, 0.1) is 5.92 Å². The number of amides is 1. The highest BCUT2D eigenvalue weighted by atomic mass is 32.1. The van der Waals surface area contributed by atoms with Gasteiger partial charge in [-0.3, -0.25) is 4.79 Å². The van der Waals surface area contributed by atoms with Crippen molar-refractivity contribution in [2.45, 2.75) is 46.6 Å². The molecule has 0 saturated heterocycles. The van der Waals surface area contributed by atoms with Gasteiger partial charge in [-0.05, 0) is 32.3 Å². The molecule has 0 radical (unpaired) electrons. The van der Waals surface area contributed by atoms with E-state index >= 15 is 0 Å². The van der Waals surface area contributed by atoms with Crippen molar-refractivity contribution in [2.75, 3.05) is 17.6 Å². The van der Waals surface area contributed by atoms with Crippen LogP contribution in [-0.4, -0.2) is 18.5 Å². The van der Waals surface area contributed by atoms with Crippen LogP contribution in [0.3, 0.4) is 0 Å². The van der Waals surface area contributed by atoms with E-state index in [1.165, 1.54) is 17.8 Å². The molecule has 2 atom stereocenters. The predicted octanol–water partition coefficient (Wildman–Crippen LogP) is 3.32. The first-order chi connectivity index (χ1) is 8.97. The highest BCUT2D eigenvalue weighted by Gasteiger charge is 2.15. The summed E-state index contributed by atoms with van der Waals surface area (Å²) in [7, 11) is 0. The first-order valence-electron chi connectivity index (χ1n) is 6.91. The topological polar surface area (TPSA) is 67.2 Å². The molecule has 5 heteroatoms. The molecule has 1 aromatic rings. The molecule has 4 N–H and O–H groups in total. The number of nitrogens with one attached hydrogen (secondary N) is 2. The normalized spacial score (nSPS) is 13.9. The minimum absolute atomic E-state index is 0.0902. The first kappa shape index (κ1) is 15.8. The summed E-state index contributed by atoms with van der Waals surface area (Å²) in [5.74, 6) is 0.607. The second kappa shape index (κ2) is 7.38. The summed E-state index contributed by atoms with van der Waals surface area (Å²) in [6, 6.07) is 2.23. The lowest BCUT2D eigenvalue weighted by Crippen LogP contribution is -2.22. The molecule has 1 rings (SSSR count). The highest BCUT2D eigenvalue weighted by molar-refractivity contribution is 7.18. The fraction of sp³-hybridized carbons (Fsp3) is 0.643. The zero-order valence-corrected chi connectivity index (χ0v) is 13.1. The van der Waals surface area contributed by atoms with E-state index < -0.39 is 0 Å². The molecule has 0 aliphatic rings. The zero-order chi connectivity index (χ0) is 14.4. The Hall–Kier alpha value is -1.23. The van der Waals surface area contributed by atoms with Gasteiger partial charge in [0.05, 0.1) is 10.7 Å². The molecule has 0 aromatic carbocycles. The predicted molar refractivity (Wildman–Crippen MR) is 83.9 cm³/mol. The zero-order valence-electron chi connectivity index (χ0n) is 12.2. The second-order valence-corrected chi connectivity index (χ2v) is 6.10. The van der Waals surface area contributed by atoms with Crippen LogP contribution in [0.15, 0.2) is 6.07 Å². The molecule has 0 aliphatic carbocycles. The largest absolute Gasteiger partial charge is 0.397 e. The highest BCUT2D eigenvalue weighted by Crippen LogP contribution is 2.30. The van der Waals surface area contributed by atoms with Gasteiger partial charge in [0, 0.05) is 12.6 Å². The Morgan fingerprint density at radius 3 is 2.68 bits per heavy atom. The van der Waals surface area contributed by atoms with Gasteiger partial charge in [-0.2, -0.15) is 0 Å². The van der Waals surface area contributed by atoms with Crippen LogP contribution >= 0.6 is 11.3 Å². The molecule has 0 saturated carbocycles. The van der Waals surface area contributed by atoms with Crippen molar-refractivity contribution in [3.8, 4) is 0 Å². The molecule has 19 heavy (non-hydrogen) atoms. The molecule has 0 bridgehead atoms. The molecule has 2 unspecified atom stereocenters. The van der Waals surface area contributed by atoms with Gasteiger partial charge in [0.1, 0.15) is 4.88 Å². The lowest BCUT2D eigenvalue weighted by atomic mass is 10.0. The van der Waals surface area contributed by atoms with Crippen LogP contribution in [0.4, 0.5) is 10.7 Å². The van der Waals surface area contributed by atoms with Crippen molar-refractivity contribution in [3.05, 3.63) is 10.9 Å². The standard InChI is InChI=1S/C14H25N3OS/c1-5-9(3)7-10(4)17-12-8-11(15)13(19-12)14(18)16-6-2/h8-10,17H,5-7,15H2,1-4H3,(H,16,18). The van der Waals surface area contributed by atoms with E-state index in [1.807, 2.05) is 13.0 Å². The van der Waals surface area contributed by atoms with Gasteiger partial charge in [-0.15, -0.1) is 11.3 Å². The van der Waals surface area contributed by atoms with E-state index in [9.17, 15) is 4.79 Å². The Labute approximate surface area is 119 Å². The number of anilines is 2. The number of carbonyl (C=O) groups excluding carboxylic acids is 1. The number of hydrogen-bond acceptors (Lipinski definition) is 4. The van der Waals surface area contributed by atoms with Gasteiger partial charge < -0.3 is 16.4 Å². The smallest absolute Gasteiger partial charge is 0.263 e. The maximum Gasteiger partial charge on any atom is 0.263 e. The average molecular weight is 283 g/mol. The molecule has 1 heterocycles. The summed E-state index contributed by atoms with van der Waals surface area (Å²) in [6.45, 7) is 9.13. The van der Waals surface area contributed by atoms with E-state index in [0.29, 0.717) is 29.1 Å². The van der Waals surface area contributed by atoms with E-state index in [-0.39, 0.29) is 5.91 Å². The number of rotatable bonds is 7. The SMILES string of the molecule is CCNC(=O)c1sc(NC(C)CC(C)CC)cc1N. The number of nitrogens with two attached hydrogens (primary N) is 1. The Kier molecular flexibility index (Phi) is 6.15. The average Bonchev–Trinajstić information content (AvgIpc) is 2.70. The Morgan fingerprint density at radius 2 is 2.11 bits per heavy atom. The van der Waals surface area contributed by atoms with Gasteiger partial charge in [-0.1, -0.05) is 20.3 Å². The summed E-state index contributed by atoms with van der Waals surface area (Å²) in [5, 5.41) is 7.17. The fourth-order valence-corrected chi connectivity index (χ4v) is 2.97. The van der Waals surface area contributed by atoms with Crippen molar-refractivity contribution < 1.29 is 4.79 Å².